The number of aromatic nitrogens is 2. The molecule has 2 atom stereocenters. The molecule has 5 heteroatoms. The Labute approximate surface area is 141 Å². The maximum absolute atomic E-state index is 12.9. The van der Waals surface area contributed by atoms with E-state index in [0.29, 0.717) is 12.1 Å². The number of carbonyl (C=O) groups is 1. The van der Waals surface area contributed by atoms with E-state index < -0.39 is 0 Å². The smallest absolute Gasteiger partial charge is 0.270 e. The summed E-state index contributed by atoms with van der Waals surface area (Å²) in [6, 6.07) is 8.83. The van der Waals surface area contributed by atoms with Gasteiger partial charge in [0.1, 0.15) is 5.69 Å². The fourth-order valence-electron chi connectivity index (χ4n) is 4.26. The highest BCUT2D eigenvalue weighted by Crippen LogP contribution is 2.38. The van der Waals surface area contributed by atoms with Crippen LogP contribution in [0.2, 0.25) is 0 Å². The Morgan fingerprint density at radius 3 is 2.67 bits per heavy atom. The Morgan fingerprint density at radius 2 is 1.88 bits per heavy atom. The first-order valence-electron chi connectivity index (χ1n) is 8.88. The molecule has 0 spiro atoms. The molecule has 1 amide bonds. The highest BCUT2D eigenvalue weighted by atomic mass is 16.2. The third-order valence-electron chi connectivity index (χ3n) is 5.66. The summed E-state index contributed by atoms with van der Waals surface area (Å²) < 4.78 is 2.21. The zero-order valence-electron chi connectivity index (χ0n) is 13.7. The third kappa shape index (κ3) is 2.35. The van der Waals surface area contributed by atoms with Crippen LogP contribution in [0.3, 0.4) is 0 Å². The van der Waals surface area contributed by atoms with Gasteiger partial charge in [-0.2, -0.15) is 0 Å². The Balaban J connectivity index is 1.42. The van der Waals surface area contributed by atoms with Gasteiger partial charge in [0.15, 0.2) is 0 Å². The number of hydrogen-bond acceptors (Lipinski definition) is 3. The highest BCUT2D eigenvalue weighted by Gasteiger charge is 2.46. The molecule has 2 fully saturated rings. The van der Waals surface area contributed by atoms with Crippen molar-refractivity contribution in [1.29, 1.82) is 0 Å². The fourth-order valence-corrected chi connectivity index (χ4v) is 4.26. The maximum Gasteiger partial charge on any atom is 0.270 e. The summed E-state index contributed by atoms with van der Waals surface area (Å²) in [6.45, 7) is 3.83. The molecule has 1 saturated heterocycles. The second-order valence-corrected chi connectivity index (χ2v) is 7.39. The van der Waals surface area contributed by atoms with Gasteiger partial charge in [0, 0.05) is 44.8 Å². The van der Waals surface area contributed by atoms with Gasteiger partial charge in [-0.25, -0.2) is 0 Å². The SMILES string of the molecule is O=C1c2cccn2[C@@H]2CN(Cc3ccncc3)C[C@H]2N1CC1CC1. The second kappa shape index (κ2) is 5.45. The van der Waals surface area contributed by atoms with Crippen LogP contribution in [0.1, 0.15) is 34.9 Å². The third-order valence-corrected chi connectivity index (χ3v) is 5.66. The molecular formula is C19H22N4O. The molecule has 2 aromatic rings. The van der Waals surface area contributed by atoms with Crippen LogP contribution in [-0.4, -0.2) is 50.9 Å². The molecule has 2 aromatic heterocycles. The number of pyridine rings is 1. The summed E-state index contributed by atoms with van der Waals surface area (Å²) in [5.74, 6) is 0.948. The van der Waals surface area contributed by atoms with E-state index in [0.717, 1.165) is 37.8 Å². The lowest BCUT2D eigenvalue weighted by atomic mass is 10.1. The number of amides is 1. The van der Waals surface area contributed by atoms with E-state index in [1.54, 1.807) is 0 Å². The average Bonchev–Trinajstić information content (AvgIpc) is 3.11. The van der Waals surface area contributed by atoms with Gasteiger partial charge in [-0.05, 0) is 48.6 Å². The van der Waals surface area contributed by atoms with Crippen LogP contribution in [0.5, 0.6) is 0 Å². The van der Waals surface area contributed by atoms with Crippen LogP contribution in [0.15, 0.2) is 42.9 Å². The number of likely N-dealkylation sites (tertiary alicyclic amines) is 1. The zero-order valence-corrected chi connectivity index (χ0v) is 13.7. The minimum absolute atomic E-state index is 0.221. The van der Waals surface area contributed by atoms with Gasteiger partial charge in [-0.3, -0.25) is 14.7 Å². The second-order valence-electron chi connectivity index (χ2n) is 7.39. The Kier molecular flexibility index (Phi) is 3.23. The van der Waals surface area contributed by atoms with Crippen molar-refractivity contribution in [2.45, 2.75) is 31.5 Å². The van der Waals surface area contributed by atoms with Crippen LogP contribution in [-0.2, 0) is 6.54 Å². The van der Waals surface area contributed by atoms with Crippen LogP contribution in [0.25, 0.3) is 0 Å². The lowest BCUT2D eigenvalue weighted by Gasteiger charge is -2.38. The zero-order chi connectivity index (χ0) is 16.1. The van der Waals surface area contributed by atoms with E-state index in [-0.39, 0.29) is 5.91 Å². The van der Waals surface area contributed by atoms with E-state index in [1.807, 2.05) is 24.5 Å². The van der Waals surface area contributed by atoms with Crippen molar-refractivity contribution in [3.8, 4) is 0 Å². The van der Waals surface area contributed by atoms with Crippen LogP contribution >= 0.6 is 0 Å². The van der Waals surface area contributed by atoms with E-state index in [4.69, 9.17) is 0 Å². The van der Waals surface area contributed by atoms with Crippen molar-refractivity contribution in [3.05, 3.63) is 54.1 Å². The largest absolute Gasteiger partial charge is 0.337 e. The average molecular weight is 322 g/mol. The Hall–Kier alpha value is -2.14. The predicted molar refractivity (Wildman–Crippen MR) is 90.5 cm³/mol. The van der Waals surface area contributed by atoms with Crippen molar-refractivity contribution < 1.29 is 4.79 Å². The van der Waals surface area contributed by atoms with Gasteiger partial charge >= 0.3 is 0 Å². The topological polar surface area (TPSA) is 41.4 Å². The molecule has 5 rings (SSSR count). The number of hydrogen-bond donors (Lipinski definition) is 0. The van der Waals surface area contributed by atoms with E-state index in [2.05, 4.69) is 37.7 Å². The number of rotatable bonds is 4. The first kappa shape index (κ1) is 14.2. The molecule has 0 aromatic carbocycles. The van der Waals surface area contributed by atoms with E-state index >= 15 is 0 Å². The highest BCUT2D eigenvalue weighted by molar-refractivity contribution is 5.94. The molecule has 3 aliphatic rings. The lowest BCUT2D eigenvalue weighted by Crippen LogP contribution is -2.51. The molecule has 1 saturated carbocycles. The summed E-state index contributed by atoms with van der Waals surface area (Å²) in [4.78, 5) is 21.7. The molecular weight excluding hydrogens is 300 g/mol. The normalized spacial score (nSPS) is 26.5. The number of fused-ring (bicyclic) bond motifs is 3. The van der Waals surface area contributed by atoms with Crippen LogP contribution in [0.4, 0.5) is 0 Å². The van der Waals surface area contributed by atoms with Crippen molar-refractivity contribution in [3.63, 3.8) is 0 Å². The molecule has 4 heterocycles. The summed E-state index contributed by atoms with van der Waals surface area (Å²) in [6.07, 6.45) is 8.35. The molecule has 1 aliphatic carbocycles. The molecule has 5 nitrogen and oxygen atoms in total. The van der Waals surface area contributed by atoms with E-state index in [1.165, 1.54) is 18.4 Å². The van der Waals surface area contributed by atoms with Crippen molar-refractivity contribution >= 4 is 5.91 Å². The minimum atomic E-state index is 0.221. The van der Waals surface area contributed by atoms with Gasteiger partial charge in [-0.15, -0.1) is 0 Å². The number of carbonyl (C=O) groups excluding carboxylic acids is 1. The van der Waals surface area contributed by atoms with Crippen molar-refractivity contribution in [2.24, 2.45) is 5.92 Å². The molecule has 0 radical (unpaired) electrons. The van der Waals surface area contributed by atoms with Crippen molar-refractivity contribution in [1.82, 2.24) is 19.4 Å². The first-order valence-corrected chi connectivity index (χ1v) is 8.88. The summed E-state index contributed by atoms with van der Waals surface area (Å²) in [5.41, 5.74) is 2.15. The first-order chi connectivity index (χ1) is 11.8. The fraction of sp³-hybridized carbons (Fsp3) is 0.474. The van der Waals surface area contributed by atoms with Crippen molar-refractivity contribution in [2.75, 3.05) is 19.6 Å². The number of nitrogens with zero attached hydrogens (tertiary/aromatic N) is 4. The molecule has 124 valence electrons. The molecule has 0 N–H and O–H groups in total. The molecule has 2 aliphatic heterocycles. The maximum atomic E-state index is 12.9. The summed E-state index contributed by atoms with van der Waals surface area (Å²) in [7, 11) is 0. The quantitative estimate of drug-likeness (QED) is 0.866. The van der Waals surface area contributed by atoms with E-state index in [9.17, 15) is 4.79 Å². The minimum Gasteiger partial charge on any atom is -0.337 e. The van der Waals surface area contributed by atoms with Gasteiger partial charge in [0.25, 0.3) is 5.91 Å². The predicted octanol–water partition coefficient (Wildman–Crippen LogP) is 2.17. The molecule has 0 unspecified atom stereocenters. The lowest BCUT2D eigenvalue weighted by molar-refractivity contribution is 0.0565. The molecule has 0 bridgehead atoms. The standard InChI is InChI=1S/C19H22N4O/c24-19-16-2-1-9-22(16)17-12-21(10-15-5-7-20-8-6-15)13-18(17)23(19)11-14-3-4-14/h1-2,5-9,14,17-18H,3-4,10-13H2/t17-,18-/m1/s1. The van der Waals surface area contributed by atoms with Crippen LogP contribution < -0.4 is 0 Å². The van der Waals surface area contributed by atoms with Crippen LogP contribution in [0, 0.1) is 5.92 Å². The summed E-state index contributed by atoms with van der Waals surface area (Å²) >= 11 is 0. The van der Waals surface area contributed by atoms with Gasteiger partial charge in [0.2, 0.25) is 0 Å². The monoisotopic (exact) mass is 322 g/mol. The van der Waals surface area contributed by atoms with Gasteiger partial charge in [0.05, 0.1) is 12.1 Å². The van der Waals surface area contributed by atoms with Gasteiger partial charge < -0.3 is 9.47 Å². The Bertz CT molecular complexity index is 752. The Morgan fingerprint density at radius 1 is 1.08 bits per heavy atom. The van der Waals surface area contributed by atoms with Gasteiger partial charge in [-0.1, -0.05) is 0 Å². The summed E-state index contributed by atoms with van der Waals surface area (Å²) in [5, 5.41) is 0. The molecule has 24 heavy (non-hydrogen) atoms.